The summed E-state index contributed by atoms with van der Waals surface area (Å²) >= 11 is 0. The number of carboxylic acid groups (broad SMARTS) is 1. The van der Waals surface area contributed by atoms with E-state index in [1.807, 2.05) is 30.3 Å². The maximum Gasteiger partial charge on any atom is 0.404 e. The fraction of sp³-hybridized carbons (Fsp3) is 0.139. The molecule has 0 saturated carbocycles. The number of allylic oxidation sites excluding steroid dienone is 1. The molecular weight excluding hydrogens is 536 g/mol. The Hall–Kier alpha value is -5.43. The van der Waals surface area contributed by atoms with E-state index in [1.165, 1.54) is 0 Å². The highest BCUT2D eigenvalue weighted by atomic mass is 16.4. The largest absolute Gasteiger partial charge is 0.465 e. The van der Waals surface area contributed by atoms with Gasteiger partial charge in [-0.3, -0.25) is 0 Å². The maximum atomic E-state index is 11.5. The number of nitrogens with one attached hydrogen (secondary N) is 1. The molecule has 7 rings (SSSR count). The van der Waals surface area contributed by atoms with Gasteiger partial charge < -0.3 is 19.4 Å². The second-order valence-electron chi connectivity index (χ2n) is 10.8. The number of rotatable bonds is 7. The van der Waals surface area contributed by atoms with Crippen molar-refractivity contribution in [3.8, 4) is 11.3 Å². The zero-order chi connectivity index (χ0) is 29.2. The molecule has 3 aromatic carbocycles. The van der Waals surface area contributed by atoms with Crippen molar-refractivity contribution >= 4 is 22.7 Å². The van der Waals surface area contributed by atoms with E-state index in [0.717, 1.165) is 57.4 Å². The minimum Gasteiger partial charge on any atom is -0.465 e. The van der Waals surface area contributed by atoms with Crippen molar-refractivity contribution in [1.29, 1.82) is 0 Å². The van der Waals surface area contributed by atoms with Gasteiger partial charge in [-0.2, -0.15) is 0 Å². The predicted molar refractivity (Wildman–Crippen MR) is 167 cm³/mol. The summed E-state index contributed by atoms with van der Waals surface area (Å²) < 4.78 is 8.26. The Balaban J connectivity index is 1.57. The van der Waals surface area contributed by atoms with Crippen molar-refractivity contribution in [3.05, 3.63) is 150 Å². The average Bonchev–Trinajstić information content (AvgIpc) is 3.72. The zero-order valence-corrected chi connectivity index (χ0v) is 23.4. The Morgan fingerprint density at radius 3 is 2.05 bits per heavy atom. The number of benzene rings is 3. The Bertz CT molecular complexity index is 1800. The summed E-state index contributed by atoms with van der Waals surface area (Å²) in [5, 5.41) is 13.0. The monoisotopic (exact) mass is 566 g/mol. The molecular formula is C36H30N4O3. The van der Waals surface area contributed by atoms with Crippen LogP contribution < -0.4 is 5.32 Å². The molecule has 1 aliphatic carbocycles. The summed E-state index contributed by atoms with van der Waals surface area (Å²) in [5.74, 6) is 0.708. The predicted octanol–water partition coefficient (Wildman–Crippen LogP) is 7.74. The molecule has 7 nitrogen and oxygen atoms in total. The molecule has 7 heteroatoms. The standard InChI is InChI=1S/C36H30N4O3/c41-35(42)39-29-19-10-12-25(22-29)33-32-30(31-20-11-21-43-31)23-40(34(32)38-24-37-33)36(26-13-4-1-5-14-26,27-15-6-2-7-16-27)28-17-8-3-9-18-28/h1-9,11-18,20-21,23-24,29,39H,10,19,22H2,(H,41,42). The molecule has 2 N–H and O–H groups in total. The van der Waals surface area contributed by atoms with Crippen LogP contribution in [-0.2, 0) is 5.54 Å². The fourth-order valence-electron chi connectivity index (χ4n) is 6.54. The Labute approximate surface area is 249 Å². The van der Waals surface area contributed by atoms with Crippen LogP contribution in [0.3, 0.4) is 0 Å². The third kappa shape index (κ3) is 4.59. The van der Waals surface area contributed by atoms with Crippen LogP contribution in [-0.4, -0.2) is 31.8 Å². The number of furan rings is 1. The minimum atomic E-state index is -1.01. The first-order chi connectivity index (χ1) is 21.2. The van der Waals surface area contributed by atoms with Crippen molar-refractivity contribution in [2.24, 2.45) is 0 Å². The van der Waals surface area contributed by atoms with Crippen molar-refractivity contribution < 1.29 is 14.3 Å². The van der Waals surface area contributed by atoms with Gasteiger partial charge in [-0.05, 0) is 53.7 Å². The summed E-state index contributed by atoms with van der Waals surface area (Å²) in [6.45, 7) is 0. The number of aromatic nitrogens is 3. The Morgan fingerprint density at radius 2 is 1.49 bits per heavy atom. The third-order valence-electron chi connectivity index (χ3n) is 8.31. The lowest BCUT2D eigenvalue weighted by Gasteiger charge is -2.38. The molecule has 1 aliphatic rings. The number of hydrogen-bond donors (Lipinski definition) is 2. The van der Waals surface area contributed by atoms with Crippen molar-refractivity contribution in [1.82, 2.24) is 19.9 Å². The lowest BCUT2D eigenvalue weighted by molar-refractivity contribution is 0.189. The van der Waals surface area contributed by atoms with Crippen molar-refractivity contribution in [2.45, 2.75) is 30.8 Å². The molecule has 43 heavy (non-hydrogen) atoms. The van der Waals surface area contributed by atoms with Gasteiger partial charge in [-0.1, -0.05) is 97.1 Å². The van der Waals surface area contributed by atoms with Crippen LogP contribution in [0, 0.1) is 0 Å². The first-order valence-electron chi connectivity index (χ1n) is 14.4. The molecule has 1 atom stereocenters. The zero-order valence-electron chi connectivity index (χ0n) is 23.4. The normalized spacial score (nSPS) is 15.3. The van der Waals surface area contributed by atoms with E-state index in [4.69, 9.17) is 14.4 Å². The van der Waals surface area contributed by atoms with Crippen LogP contribution in [0.4, 0.5) is 4.79 Å². The summed E-state index contributed by atoms with van der Waals surface area (Å²) in [5.41, 5.74) is 5.86. The smallest absolute Gasteiger partial charge is 0.404 e. The summed E-state index contributed by atoms with van der Waals surface area (Å²) in [4.78, 5) is 21.2. The van der Waals surface area contributed by atoms with E-state index < -0.39 is 11.6 Å². The lowest BCUT2D eigenvalue weighted by atomic mass is 9.76. The molecule has 212 valence electrons. The van der Waals surface area contributed by atoms with Crippen molar-refractivity contribution in [2.75, 3.05) is 0 Å². The molecule has 3 heterocycles. The van der Waals surface area contributed by atoms with Crippen LogP contribution in [0.1, 0.15) is 41.6 Å². The Morgan fingerprint density at radius 1 is 0.860 bits per heavy atom. The first-order valence-corrected chi connectivity index (χ1v) is 14.4. The molecule has 6 aromatic rings. The number of nitrogens with zero attached hydrogens (tertiary/aromatic N) is 3. The Kier molecular flexibility index (Phi) is 6.83. The highest BCUT2D eigenvalue weighted by molar-refractivity contribution is 6.00. The fourth-order valence-corrected chi connectivity index (χ4v) is 6.54. The quantitative estimate of drug-likeness (QED) is 0.193. The maximum absolute atomic E-state index is 11.5. The molecule has 1 amide bonds. The van der Waals surface area contributed by atoms with Crippen LogP contribution in [0.5, 0.6) is 0 Å². The highest BCUT2D eigenvalue weighted by Gasteiger charge is 2.41. The van der Waals surface area contributed by atoms with Crippen molar-refractivity contribution in [3.63, 3.8) is 0 Å². The SMILES string of the molecule is O=C(O)NC1CCC=C(c2ncnc3c2c(-c2ccco2)cn3C(c2ccccc2)(c2ccccc2)c2ccccc2)C1. The van der Waals surface area contributed by atoms with Gasteiger partial charge >= 0.3 is 6.09 Å². The summed E-state index contributed by atoms with van der Waals surface area (Å²) in [6, 6.07) is 35.1. The van der Waals surface area contributed by atoms with E-state index in [2.05, 4.69) is 95.0 Å². The highest BCUT2D eigenvalue weighted by Crippen LogP contribution is 2.46. The lowest BCUT2D eigenvalue weighted by Crippen LogP contribution is -2.37. The van der Waals surface area contributed by atoms with Gasteiger partial charge in [-0.25, -0.2) is 14.8 Å². The van der Waals surface area contributed by atoms with Crippen LogP contribution in [0.2, 0.25) is 0 Å². The van der Waals surface area contributed by atoms with E-state index in [9.17, 15) is 9.90 Å². The van der Waals surface area contributed by atoms with Gasteiger partial charge in [0.05, 0.1) is 17.3 Å². The molecule has 3 aromatic heterocycles. The van der Waals surface area contributed by atoms with Gasteiger partial charge in [0.1, 0.15) is 23.3 Å². The second kappa shape index (κ2) is 11.1. The van der Waals surface area contributed by atoms with Gasteiger partial charge in [0.25, 0.3) is 0 Å². The third-order valence-corrected chi connectivity index (χ3v) is 8.31. The molecule has 0 spiro atoms. The van der Waals surface area contributed by atoms with Crippen LogP contribution in [0.25, 0.3) is 27.9 Å². The van der Waals surface area contributed by atoms with Gasteiger partial charge in [0, 0.05) is 17.8 Å². The molecule has 1 unspecified atom stereocenters. The number of fused-ring (bicyclic) bond motifs is 1. The first kappa shape index (κ1) is 26.5. The van der Waals surface area contributed by atoms with E-state index >= 15 is 0 Å². The van der Waals surface area contributed by atoms with Gasteiger partial charge in [0.15, 0.2) is 0 Å². The molecule has 0 bridgehead atoms. The van der Waals surface area contributed by atoms with Crippen LogP contribution in [0.15, 0.2) is 132 Å². The molecule has 0 aliphatic heterocycles. The topological polar surface area (TPSA) is 93.2 Å². The second-order valence-corrected chi connectivity index (χ2v) is 10.8. The summed E-state index contributed by atoms with van der Waals surface area (Å²) in [6.07, 6.45) is 8.62. The van der Waals surface area contributed by atoms with Gasteiger partial charge in [-0.15, -0.1) is 0 Å². The van der Waals surface area contributed by atoms with Gasteiger partial charge in [0.2, 0.25) is 0 Å². The number of carbonyl (C=O) groups is 1. The molecule has 0 saturated heterocycles. The molecule has 0 radical (unpaired) electrons. The number of amides is 1. The minimum absolute atomic E-state index is 0.186. The number of hydrogen-bond acceptors (Lipinski definition) is 4. The van der Waals surface area contributed by atoms with E-state index in [0.29, 0.717) is 12.2 Å². The van der Waals surface area contributed by atoms with E-state index in [1.54, 1.807) is 12.6 Å². The van der Waals surface area contributed by atoms with E-state index in [-0.39, 0.29) is 6.04 Å². The molecule has 0 fully saturated rings. The van der Waals surface area contributed by atoms with Crippen LogP contribution >= 0.6 is 0 Å². The summed E-state index contributed by atoms with van der Waals surface area (Å²) in [7, 11) is 0. The average molecular weight is 567 g/mol.